The van der Waals surface area contributed by atoms with Crippen LogP contribution in [0.5, 0.6) is 0 Å². The molecular formula is C10H15ClFN3. The normalized spacial score (nSPS) is 13.2. The third kappa shape index (κ3) is 3.43. The first-order chi connectivity index (χ1) is 7.04. The molecule has 0 saturated carbocycles. The van der Waals surface area contributed by atoms with Gasteiger partial charge < -0.3 is 5.73 Å². The zero-order chi connectivity index (χ0) is 11.4. The molecule has 3 nitrogen and oxygen atoms in total. The van der Waals surface area contributed by atoms with Crippen LogP contribution in [0, 0.1) is 5.82 Å². The molecule has 3 N–H and O–H groups in total. The summed E-state index contributed by atoms with van der Waals surface area (Å²) in [6, 6.07) is 4.21. The molecule has 1 rings (SSSR count). The van der Waals surface area contributed by atoms with E-state index in [9.17, 15) is 4.39 Å². The largest absolute Gasteiger partial charge is 0.329 e. The van der Waals surface area contributed by atoms with Crippen molar-refractivity contribution in [3.8, 4) is 0 Å². The molecule has 84 valence electrons. The lowest BCUT2D eigenvalue weighted by Gasteiger charge is -2.22. The molecule has 0 aliphatic carbocycles. The standard InChI is InChI=1S/C10H15ClFN3/c1-15(2)14-10(6-13)8-4-3-7(12)5-9(8)11/h3-5,10,14H,6,13H2,1-2H3. The Morgan fingerprint density at radius 1 is 1.53 bits per heavy atom. The quantitative estimate of drug-likeness (QED) is 0.773. The lowest BCUT2D eigenvalue weighted by Crippen LogP contribution is -2.38. The maximum atomic E-state index is 12.8. The van der Waals surface area contributed by atoms with E-state index in [0.717, 1.165) is 5.56 Å². The van der Waals surface area contributed by atoms with Crippen LogP contribution in [0.1, 0.15) is 11.6 Å². The number of nitrogens with zero attached hydrogens (tertiary/aromatic N) is 1. The third-order valence-electron chi connectivity index (χ3n) is 1.99. The van der Waals surface area contributed by atoms with Crippen LogP contribution in [0.2, 0.25) is 5.02 Å². The zero-order valence-corrected chi connectivity index (χ0v) is 9.55. The van der Waals surface area contributed by atoms with Crippen LogP contribution in [0.25, 0.3) is 0 Å². The summed E-state index contributed by atoms with van der Waals surface area (Å²) < 4.78 is 12.8. The van der Waals surface area contributed by atoms with Crippen molar-refractivity contribution in [2.75, 3.05) is 20.6 Å². The summed E-state index contributed by atoms with van der Waals surface area (Å²) in [4.78, 5) is 0. The summed E-state index contributed by atoms with van der Waals surface area (Å²) in [7, 11) is 3.72. The van der Waals surface area contributed by atoms with E-state index >= 15 is 0 Å². The lowest BCUT2D eigenvalue weighted by atomic mass is 10.1. The fourth-order valence-corrected chi connectivity index (χ4v) is 1.64. The average molecular weight is 232 g/mol. The molecule has 0 saturated heterocycles. The van der Waals surface area contributed by atoms with Gasteiger partial charge in [0, 0.05) is 25.7 Å². The van der Waals surface area contributed by atoms with E-state index in [-0.39, 0.29) is 11.9 Å². The monoisotopic (exact) mass is 231 g/mol. The highest BCUT2D eigenvalue weighted by Crippen LogP contribution is 2.23. The molecular weight excluding hydrogens is 217 g/mol. The van der Waals surface area contributed by atoms with Crippen molar-refractivity contribution in [2.45, 2.75) is 6.04 Å². The fourth-order valence-electron chi connectivity index (χ4n) is 1.34. The molecule has 5 heteroatoms. The maximum Gasteiger partial charge on any atom is 0.124 e. The summed E-state index contributed by atoms with van der Waals surface area (Å²) in [6.45, 7) is 0.392. The Kier molecular flexibility index (Phi) is 4.47. The minimum absolute atomic E-state index is 0.104. The SMILES string of the molecule is CN(C)NC(CN)c1ccc(F)cc1Cl. The van der Waals surface area contributed by atoms with Crippen LogP contribution in [-0.2, 0) is 0 Å². The third-order valence-corrected chi connectivity index (χ3v) is 2.31. The van der Waals surface area contributed by atoms with E-state index in [1.54, 1.807) is 11.1 Å². The van der Waals surface area contributed by atoms with Gasteiger partial charge in [0.05, 0.1) is 6.04 Å². The second-order valence-corrected chi connectivity index (χ2v) is 3.88. The van der Waals surface area contributed by atoms with Crippen molar-refractivity contribution < 1.29 is 4.39 Å². The highest BCUT2D eigenvalue weighted by molar-refractivity contribution is 6.31. The summed E-state index contributed by atoms with van der Waals surface area (Å²) >= 11 is 5.93. The van der Waals surface area contributed by atoms with Crippen molar-refractivity contribution in [2.24, 2.45) is 5.73 Å². The zero-order valence-electron chi connectivity index (χ0n) is 8.80. The number of rotatable bonds is 4. The number of nitrogens with two attached hydrogens (primary N) is 1. The van der Waals surface area contributed by atoms with Crippen LogP contribution in [-0.4, -0.2) is 25.6 Å². The van der Waals surface area contributed by atoms with Gasteiger partial charge in [-0.2, -0.15) is 0 Å². The van der Waals surface area contributed by atoms with Gasteiger partial charge in [0.25, 0.3) is 0 Å². The number of benzene rings is 1. The average Bonchev–Trinajstić information content (AvgIpc) is 2.14. The van der Waals surface area contributed by atoms with Crippen molar-refractivity contribution in [3.63, 3.8) is 0 Å². The molecule has 1 atom stereocenters. The molecule has 1 unspecified atom stereocenters. The minimum Gasteiger partial charge on any atom is -0.329 e. The van der Waals surface area contributed by atoms with Gasteiger partial charge in [0.2, 0.25) is 0 Å². The summed E-state index contributed by atoms with van der Waals surface area (Å²) in [5.74, 6) is -0.343. The molecule has 1 aromatic carbocycles. The Hall–Kier alpha value is -0.680. The van der Waals surface area contributed by atoms with Gasteiger partial charge in [-0.05, 0) is 17.7 Å². The van der Waals surface area contributed by atoms with Crippen LogP contribution in [0.15, 0.2) is 18.2 Å². The van der Waals surface area contributed by atoms with Crippen molar-refractivity contribution in [1.82, 2.24) is 10.4 Å². The van der Waals surface area contributed by atoms with Gasteiger partial charge in [-0.3, -0.25) is 0 Å². The fraction of sp³-hybridized carbons (Fsp3) is 0.400. The van der Waals surface area contributed by atoms with Crippen molar-refractivity contribution in [1.29, 1.82) is 0 Å². The van der Waals surface area contributed by atoms with Gasteiger partial charge in [0.15, 0.2) is 0 Å². The van der Waals surface area contributed by atoms with Gasteiger partial charge in [-0.1, -0.05) is 17.7 Å². The van der Waals surface area contributed by atoms with Gasteiger partial charge in [-0.15, -0.1) is 0 Å². The summed E-state index contributed by atoms with van der Waals surface area (Å²) in [5.41, 5.74) is 9.53. The van der Waals surface area contributed by atoms with Crippen molar-refractivity contribution >= 4 is 11.6 Å². The number of hydrogen-bond donors (Lipinski definition) is 2. The van der Waals surface area contributed by atoms with Crippen LogP contribution in [0.3, 0.4) is 0 Å². The molecule has 1 aromatic rings. The molecule has 0 radical (unpaired) electrons. The highest BCUT2D eigenvalue weighted by atomic mass is 35.5. The number of nitrogens with one attached hydrogen (secondary N) is 1. The van der Waals surface area contributed by atoms with Crippen molar-refractivity contribution in [3.05, 3.63) is 34.6 Å². The maximum absolute atomic E-state index is 12.8. The lowest BCUT2D eigenvalue weighted by molar-refractivity contribution is 0.245. The first kappa shape index (κ1) is 12.4. The predicted octanol–water partition coefficient (Wildman–Crippen LogP) is 1.55. The minimum atomic E-state index is -0.343. The predicted molar refractivity (Wildman–Crippen MR) is 60.0 cm³/mol. The van der Waals surface area contributed by atoms with E-state index in [4.69, 9.17) is 17.3 Å². The van der Waals surface area contributed by atoms with Crippen LogP contribution < -0.4 is 11.2 Å². The Bertz CT molecular complexity index is 330. The molecule has 0 spiro atoms. The molecule has 0 bridgehead atoms. The number of hydrazine groups is 1. The number of halogens is 2. The number of hydrogen-bond acceptors (Lipinski definition) is 3. The van der Waals surface area contributed by atoms with E-state index in [2.05, 4.69) is 5.43 Å². The molecule has 0 fully saturated rings. The van der Waals surface area contributed by atoms with E-state index in [0.29, 0.717) is 11.6 Å². The molecule has 0 aromatic heterocycles. The van der Waals surface area contributed by atoms with E-state index < -0.39 is 0 Å². The highest BCUT2D eigenvalue weighted by Gasteiger charge is 2.13. The smallest absolute Gasteiger partial charge is 0.124 e. The second kappa shape index (κ2) is 5.42. The first-order valence-electron chi connectivity index (χ1n) is 4.63. The molecule has 0 amide bonds. The Morgan fingerprint density at radius 2 is 2.20 bits per heavy atom. The molecule has 0 aliphatic heterocycles. The van der Waals surface area contributed by atoms with E-state index in [1.165, 1.54) is 12.1 Å². The van der Waals surface area contributed by atoms with Gasteiger partial charge in [0.1, 0.15) is 5.82 Å². The Morgan fingerprint density at radius 3 is 2.67 bits per heavy atom. The summed E-state index contributed by atoms with van der Waals surface area (Å²) in [6.07, 6.45) is 0. The second-order valence-electron chi connectivity index (χ2n) is 3.48. The van der Waals surface area contributed by atoms with Gasteiger partial charge in [-0.25, -0.2) is 14.8 Å². The molecule has 0 aliphatic rings. The topological polar surface area (TPSA) is 41.3 Å². The Labute approximate surface area is 94.0 Å². The molecule has 0 heterocycles. The first-order valence-corrected chi connectivity index (χ1v) is 5.01. The molecule has 15 heavy (non-hydrogen) atoms. The van der Waals surface area contributed by atoms with Gasteiger partial charge >= 0.3 is 0 Å². The van der Waals surface area contributed by atoms with E-state index in [1.807, 2.05) is 14.1 Å². The van der Waals surface area contributed by atoms with Crippen LogP contribution >= 0.6 is 11.6 Å². The summed E-state index contributed by atoms with van der Waals surface area (Å²) in [5, 5.41) is 2.18. The Balaban J connectivity index is 2.91. The van der Waals surface area contributed by atoms with Crippen LogP contribution in [0.4, 0.5) is 4.39 Å².